The third-order valence-electron chi connectivity index (χ3n) is 2.17. The van der Waals surface area contributed by atoms with Crippen LogP contribution in [0.5, 0.6) is 0 Å². The Balaban J connectivity index is 2.32. The molecule has 1 aliphatic rings. The van der Waals surface area contributed by atoms with Crippen molar-refractivity contribution in [2.24, 2.45) is 5.73 Å². The van der Waals surface area contributed by atoms with Crippen molar-refractivity contribution in [3.05, 3.63) is 46.5 Å². The summed E-state index contributed by atoms with van der Waals surface area (Å²) in [6, 6.07) is 0. The molecule has 0 spiro atoms. The van der Waals surface area contributed by atoms with Crippen LogP contribution in [0.15, 0.2) is 46.5 Å². The van der Waals surface area contributed by atoms with Gasteiger partial charge in [-0.2, -0.15) is 0 Å². The monoisotopic (exact) mass is 282 g/mol. The minimum absolute atomic E-state index is 0.0467. The molecule has 0 atom stereocenters. The highest BCUT2D eigenvalue weighted by Crippen LogP contribution is 2.21. The van der Waals surface area contributed by atoms with E-state index in [1.807, 2.05) is 0 Å². The van der Waals surface area contributed by atoms with Crippen LogP contribution in [-0.4, -0.2) is 19.1 Å². The van der Waals surface area contributed by atoms with Gasteiger partial charge in [0.15, 0.2) is 5.13 Å². The normalized spacial score (nSPS) is 17.9. The average molecular weight is 282 g/mol. The van der Waals surface area contributed by atoms with Gasteiger partial charge in [-0.3, -0.25) is 4.72 Å². The number of hydrogen-bond acceptors (Lipinski definition) is 6. The molecule has 8 heteroatoms. The number of anilines is 1. The van der Waals surface area contributed by atoms with Crippen molar-refractivity contribution in [3.8, 4) is 0 Å². The molecule has 0 aromatic carbocycles. The minimum atomic E-state index is -3.69. The zero-order valence-electron chi connectivity index (χ0n) is 9.12. The Kier molecular flexibility index (Phi) is 3.30. The number of nitrogens with zero attached hydrogens (tertiary/aromatic N) is 1. The van der Waals surface area contributed by atoms with E-state index in [0.29, 0.717) is 10.7 Å². The highest BCUT2D eigenvalue weighted by atomic mass is 32.2. The van der Waals surface area contributed by atoms with Gasteiger partial charge in [0.25, 0.3) is 10.0 Å². The Labute approximate surface area is 108 Å². The number of thiazole rings is 1. The van der Waals surface area contributed by atoms with Crippen molar-refractivity contribution >= 4 is 32.2 Å². The Morgan fingerprint density at radius 2 is 2.22 bits per heavy atom. The van der Waals surface area contributed by atoms with Gasteiger partial charge in [-0.1, -0.05) is 0 Å². The van der Waals surface area contributed by atoms with E-state index in [1.54, 1.807) is 5.38 Å². The fraction of sp³-hybridized carbons (Fsp3) is 0. The third-order valence-corrected chi connectivity index (χ3v) is 4.32. The van der Waals surface area contributed by atoms with Crippen molar-refractivity contribution in [1.82, 2.24) is 4.98 Å². The molecule has 0 aliphatic heterocycles. The SMILES string of the molecule is N=C1C=CC(S(=O)(=O)Nc2nccs2)=C/C1=C/N. The van der Waals surface area contributed by atoms with Gasteiger partial charge in [0.1, 0.15) is 0 Å². The number of sulfonamides is 1. The van der Waals surface area contributed by atoms with Crippen LogP contribution in [-0.2, 0) is 10.0 Å². The van der Waals surface area contributed by atoms with Gasteiger partial charge < -0.3 is 11.1 Å². The van der Waals surface area contributed by atoms with E-state index >= 15 is 0 Å². The molecule has 2 rings (SSSR count). The van der Waals surface area contributed by atoms with E-state index in [-0.39, 0.29) is 10.6 Å². The van der Waals surface area contributed by atoms with Gasteiger partial charge in [0.05, 0.1) is 10.6 Å². The van der Waals surface area contributed by atoms with Gasteiger partial charge in [0, 0.05) is 23.3 Å². The summed E-state index contributed by atoms with van der Waals surface area (Å²) in [5.74, 6) is 0. The van der Waals surface area contributed by atoms with Crippen molar-refractivity contribution in [2.75, 3.05) is 4.72 Å². The molecule has 0 unspecified atom stereocenters. The van der Waals surface area contributed by atoms with Gasteiger partial charge >= 0.3 is 0 Å². The molecule has 0 fully saturated rings. The highest BCUT2D eigenvalue weighted by Gasteiger charge is 2.20. The molecule has 0 saturated heterocycles. The van der Waals surface area contributed by atoms with E-state index in [9.17, 15) is 8.42 Å². The molecule has 1 aliphatic carbocycles. The van der Waals surface area contributed by atoms with Crippen LogP contribution in [0.1, 0.15) is 0 Å². The van der Waals surface area contributed by atoms with Gasteiger partial charge in [0.2, 0.25) is 0 Å². The summed E-state index contributed by atoms with van der Waals surface area (Å²) in [4.78, 5) is 3.89. The molecule has 1 aromatic rings. The Hall–Kier alpha value is -1.93. The first-order valence-electron chi connectivity index (χ1n) is 4.86. The molecule has 6 nitrogen and oxygen atoms in total. The average Bonchev–Trinajstić information content (AvgIpc) is 2.81. The summed E-state index contributed by atoms with van der Waals surface area (Å²) in [5.41, 5.74) is 5.86. The summed E-state index contributed by atoms with van der Waals surface area (Å²) in [6.07, 6.45) is 6.79. The lowest BCUT2D eigenvalue weighted by molar-refractivity contribution is 0.607. The van der Waals surface area contributed by atoms with E-state index < -0.39 is 10.0 Å². The molecule has 94 valence electrons. The lowest BCUT2D eigenvalue weighted by Crippen LogP contribution is -2.16. The van der Waals surface area contributed by atoms with Crippen LogP contribution >= 0.6 is 11.3 Å². The lowest BCUT2D eigenvalue weighted by atomic mass is 10.1. The number of hydrogen-bond donors (Lipinski definition) is 3. The molecule has 18 heavy (non-hydrogen) atoms. The van der Waals surface area contributed by atoms with Gasteiger partial charge in [-0.15, -0.1) is 11.3 Å². The van der Waals surface area contributed by atoms with E-state index in [1.165, 1.54) is 42.0 Å². The molecule has 4 N–H and O–H groups in total. The summed E-state index contributed by atoms with van der Waals surface area (Å²) in [5, 5.41) is 9.50. The quantitative estimate of drug-likeness (QED) is 0.773. The standard InChI is InChI=1S/C10H10N4O2S2/c11-6-7-5-8(1-2-9(7)12)18(15,16)14-10-13-3-4-17-10/h1-6,12H,11H2,(H,13,14)/b7-6-,12-9?. The van der Waals surface area contributed by atoms with Crippen molar-refractivity contribution in [1.29, 1.82) is 5.41 Å². The Morgan fingerprint density at radius 1 is 1.44 bits per heavy atom. The number of nitrogens with one attached hydrogen (secondary N) is 2. The predicted molar refractivity (Wildman–Crippen MR) is 71.9 cm³/mol. The minimum Gasteiger partial charge on any atom is -0.404 e. The zero-order valence-corrected chi connectivity index (χ0v) is 10.8. The second-order valence-electron chi connectivity index (χ2n) is 3.36. The van der Waals surface area contributed by atoms with Gasteiger partial charge in [-0.25, -0.2) is 13.4 Å². The fourth-order valence-corrected chi connectivity index (χ4v) is 3.12. The topological polar surface area (TPSA) is 109 Å². The maximum Gasteiger partial charge on any atom is 0.263 e. The molecule has 0 saturated carbocycles. The van der Waals surface area contributed by atoms with E-state index in [4.69, 9.17) is 11.1 Å². The second-order valence-corrected chi connectivity index (χ2v) is 5.94. The van der Waals surface area contributed by atoms with E-state index in [0.717, 1.165) is 0 Å². The summed E-state index contributed by atoms with van der Waals surface area (Å²) >= 11 is 1.19. The number of allylic oxidation sites excluding steroid dienone is 4. The first-order valence-corrected chi connectivity index (χ1v) is 7.22. The van der Waals surface area contributed by atoms with Crippen molar-refractivity contribution < 1.29 is 8.42 Å². The molecular weight excluding hydrogens is 272 g/mol. The van der Waals surface area contributed by atoms with Crippen molar-refractivity contribution in [2.45, 2.75) is 0 Å². The first kappa shape index (κ1) is 12.5. The molecule has 0 bridgehead atoms. The Bertz CT molecular complexity index is 654. The largest absolute Gasteiger partial charge is 0.404 e. The lowest BCUT2D eigenvalue weighted by Gasteiger charge is -2.11. The molecule has 1 heterocycles. The van der Waals surface area contributed by atoms with Crippen LogP contribution < -0.4 is 10.5 Å². The summed E-state index contributed by atoms with van der Waals surface area (Å²) in [7, 11) is -3.69. The molecule has 1 aromatic heterocycles. The number of rotatable bonds is 3. The molecule has 0 amide bonds. The van der Waals surface area contributed by atoms with Gasteiger partial charge in [-0.05, 0) is 18.2 Å². The Morgan fingerprint density at radius 3 is 2.83 bits per heavy atom. The first-order chi connectivity index (χ1) is 8.53. The van der Waals surface area contributed by atoms with E-state index in [2.05, 4.69) is 9.71 Å². The summed E-state index contributed by atoms with van der Waals surface area (Å²) < 4.78 is 26.4. The van der Waals surface area contributed by atoms with Crippen LogP contribution in [0.4, 0.5) is 5.13 Å². The highest BCUT2D eigenvalue weighted by molar-refractivity contribution is 7.96. The van der Waals surface area contributed by atoms with Crippen LogP contribution in [0.2, 0.25) is 0 Å². The third kappa shape index (κ3) is 2.49. The number of aromatic nitrogens is 1. The molecule has 0 radical (unpaired) electrons. The number of nitrogens with two attached hydrogens (primary N) is 1. The smallest absolute Gasteiger partial charge is 0.263 e. The summed E-state index contributed by atoms with van der Waals surface area (Å²) in [6.45, 7) is 0. The predicted octanol–water partition coefficient (Wildman–Crippen LogP) is 1.20. The molecular formula is C10H10N4O2S2. The van der Waals surface area contributed by atoms with Crippen LogP contribution in [0.3, 0.4) is 0 Å². The second kappa shape index (κ2) is 4.75. The van der Waals surface area contributed by atoms with Crippen LogP contribution in [0.25, 0.3) is 0 Å². The van der Waals surface area contributed by atoms with Crippen LogP contribution in [0, 0.1) is 5.41 Å². The van der Waals surface area contributed by atoms with Crippen molar-refractivity contribution in [3.63, 3.8) is 0 Å². The maximum atomic E-state index is 12.0. The fourth-order valence-electron chi connectivity index (χ4n) is 1.29. The maximum absolute atomic E-state index is 12.0. The zero-order chi connectivity index (χ0) is 13.2.